The van der Waals surface area contributed by atoms with E-state index in [1.54, 1.807) is 24.5 Å². The third-order valence-corrected chi connectivity index (χ3v) is 3.94. The largest absolute Gasteiger partial charge is 0.324 e. The molecule has 2 aromatic heterocycles. The predicted molar refractivity (Wildman–Crippen MR) is 99.3 cm³/mol. The molecule has 7 nitrogen and oxygen atoms in total. The Labute approximate surface area is 151 Å². The molecule has 2 heterocycles. The fourth-order valence-corrected chi connectivity index (χ4v) is 2.55. The Morgan fingerprint density at radius 3 is 2.65 bits per heavy atom. The molecule has 3 rings (SSSR count). The molecule has 134 valence electrons. The minimum atomic E-state index is -0.342. The van der Waals surface area contributed by atoms with E-state index in [-0.39, 0.29) is 18.0 Å². The maximum absolute atomic E-state index is 12.3. The number of unbranched alkanes of at least 4 members (excludes halogenated alkanes) is 1. The normalized spacial score (nSPS) is 10.7. The van der Waals surface area contributed by atoms with Crippen LogP contribution in [0.25, 0.3) is 5.82 Å². The standard InChI is InChI=1S/C19H21N5O2/c1-2-3-5-15-6-8-16(9-7-15)21-18(25)14-24-19(26)11-10-17(22-24)23-13-4-12-20-23/h4,6-13H,2-3,5,14H2,1H3,(H,21,25). The number of aryl methyl sites for hydroxylation is 1. The molecular formula is C19H21N5O2. The summed E-state index contributed by atoms with van der Waals surface area (Å²) >= 11 is 0. The molecule has 1 aromatic carbocycles. The van der Waals surface area contributed by atoms with Crippen LogP contribution in [0.15, 0.2) is 59.7 Å². The number of carbonyl (C=O) groups is 1. The molecule has 0 saturated heterocycles. The highest BCUT2D eigenvalue weighted by atomic mass is 16.2. The average molecular weight is 351 g/mol. The summed E-state index contributed by atoms with van der Waals surface area (Å²) in [5.41, 5.74) is 1.60. The van der Waals surface area contributed by atoms with E-state index in [1.165, 1.54) is 16.3 Å². The first-order valence-corrected chi connectivity index (χ1v) is 8.62. The lowest BCUT2D eigenvalue weighted by molar-refractivity contribution is -0.117. The maximum Gasteiger partial charge on any atom is 0.267 e. The number of benzene rings is 1. The highest BCUT2D eigenvalue weighted by Gasteiger charge is 2.08. The van der Waals surface area contributed by atoms with Crippen LogP contribution >= 0.6 is 0 Å². The van der Waals surface area contributed by atoms with Gasteiger partial charge in [-0.3, -0.25) is 9.59 Å². The second kappa shape index (κ2) is 8.24. The predicted octanol–water partition coefficient (Wildman–Crippen LogP) is 2.41. The lowest BCUT2D eigenvalue weighted by Crippen LogP contribution is -2.30. The molecule has 0 bridgehead atoms. The SMILES string of the molecule is CCCCc1ccc(NC(=O)Cn2nc(-n3cccn3)ccc2=O)cc1. The van der Waals surface area contributed by atoms with Gasteiger partial charge in [0, 0.05) is 24.1 Å². The van der Waals surface area contributed by atoms with E-state index in [4.69, 9.17) is 0 Å². The van der Waals surface area contributed by atoms with Crippen LogP contribution in [0.3, 0.4) is 0 Å². The Hall–Kier alpha value is -3.22. The summed E-state index contributed by atoms with van der Waals surface area (Å²) in [4.78, 5) is 24.2. The van der Waals surface area contributed by atoms with Crippen LogP contribution in [0.5, 0.6) is 0 Å². The van der Waals surface area contributed by atoms with Crippen LogP contribution in [0.2, 0.25) is 0 Å². The van der Waals surface area contributed by atoms with Crippen molar-refractivity contribution in [1.82, 2.24) is 19.6 Å². The molecule has 0 spiro atoms. The number of hydrogen-bond donors (Lipinski definition) is 1. The van der Waals surface area contributed by atoms with Crippen LogP contribution in [-0.2, 0) is 17.8 Å². The van der Waals surface area contributed by atoms with Gasteiger partial charge in [0.05, 0.1) is 0 Å². The lowest BCUT2D eigenvalue weighted by Gasteiger charge is -2.09. The summed E-state index contributed by atoms with van der Waals surface area (Å²) in [6.07, 6.45) is 6.67. The first-order valence-electron chi connectivity index (χ1n) is 8.62. The smallest absolute Gasteiger partial charge is 0.267 e. The second-order valence-electron chi connectivity index (χ2n) is 5.99. The van der Waals surface area contributed by atoms with Crippen LogP contribution in [0.4, 0.5) is 5.69 Å². The maximum atomic E-state index is 12.3. The fourth-order valence-electron chi connectivity index (χ4n) is 2.55. The number of anilines is 1. The van der Waals surface area contributed by atoms with Crippen molar-refractivity contribution in [3.8, 4) is 5.82 Å². The van der Waals surface area contributed by atoms with Gasteiger partial charge >= 0.3 is 0 Å². The first-order chi connectivity index (χ1) is 12.7. The van der Waals surface area contributed by atoms with Crippen molar-refractivity contribution in [1.29, 1.82) is 0 Å². The number of nitrogens with zero attached hydrogens (tertiary/aromatic N) is 4. The van der Waals surface area contributed by atoms with Crippen molar-refractivity contribution in [3.05, 3.63) is 70.8 Å². The number of carbonyl (C=O) groups excluding carboxylic acids is 1. The Morgan fingerprint density at radius 2 is 1.96 bits per heavy atom. The molecule has 7 heteroatoms. The Kier molecular flexibility index (Phi) is 5.58. The van der Waals surface area contributed by atoms with E-state index in [2.05, 4.69) is 22.4 Å². The molecule has 0 unspecified atom stereocenters. The zero-order valence-corrected chi connectivity index (χ0v) is 14.6. The topological polar surface area (TPSA) is 81.8 Å². The molecule has 0 aliphatic rings. The van der Waals surface area contributed by atoms with Crippen LogP contribution < -0.4 is 10.9 Å². The highest BCUT2D eigenvalue weighted by molar-refractivity contribution is 5.90. The number of nitrogens with one attached hydrogen (secondary N) is 1. The van der Waals surface area contributed by atoms with Crippen LogP contribution in [-0.4, -0.2) is 25.5 Å². The quantitative estimate of drug-likeness (QED) is 0.709. The minimum Gasteiger partial charge on any atom is -0.324 e. The summed E-state index contributed by atoms with van der Waals surface area (Å²) in [6.45, 7) is 2.00. The summed E-state index contributed by atoms with van der Waals surface area (Å²) < 4.78 is 2.66. The van der Waals surface area contributed by atoms with Gasteiger partial charge in [0.15, 0.2) is 5.82 Å². The van der Waals surface area contributed by atoms with Gasteiger partial charge < -0.3 is 5.32 Å². The van der Waals surface area contributed by atoms with E-state index in [0.29, 0.717) is 11.5 Å². The molecule has 0 fully saturated rings. The van der Waals surface area contributed by atoms with Gasteiger partial charge in [0.25, 0.3) is 5.56 Å². The number of amides is 1. The van der Waals surface area contributed by atoms with Crippen molar-refractivity contribution < 1.29 is 4.79 Å². The zero-order chi connectivity index (χ0) is 18.4. The molecule has 0 radical (unpaired) electrons. The van der Waals surface area contributed by atoms with Crippen molar-refractivity contribution in [2.24, 2.45) is 0 Å². The molecule has 0 atom stereocenters. The molecule has 3 aromatic rings. The summed E-state index contributed by atoms with van der Waals surface area (Å²) in [5.74, 6) is 0.168. The highest BCUT2D eigenvalue weighted by Crippen LogP contribution is 2.11. The number of hydrogen-bond acceptors (Lipinski definition) is 4. The van der Waals surface area contributed by atoms with Gasteiger partial charge in [0.1, 0.15) is 6.54 Å². The van der Waals surface area contributed by atoms with Gasteiger partial charge in [-0.1, -0.05) is 25.5 Å². The zero-order valence-electron chi connectivity index (χ0n) is 14.6. The van der Waals surface area contributed by atoms with Gasteiger partial charge in [-0.15, -0.1) is 5.10 Å². The second-order valence-corrected chi connectivity index (χ2v) is 5.99. The molecule has 0 aliphatic carbocycles. The first kappa shape index (κ1) is 17.6. The molecular weight excluding hydrogens is 330 g/mol. The van der Waals surface area contributed by atoms with E-state index >= 15 is 0 Å². The van der Waals surface area contributed by atoms with Crippen molar-refractivity contribution in [3.63, 3.8) is 0 Å². The Morgan fingerprint density at radius 1 is 1.15 bits per heavy atom. The minimum absolute atomic E-state index is 0.161. The number of rotatable bonds is 7. The van der Waals surface area contributed by atoms with Crippen molar-refractivity contribution in [2.75, 3.05) is 5.32 Å². The van der Waals surface area contributed by atoms with E-state index in [0.717, 1.165) is 23.9 Å². The molecule has 1 N–H and O–H groups in total. The van der Waals surface area contributed by atoms with Gasteiger partial charge in [-0.05, 0) is 42.7 Å². The van der Waals surface area contributed by atoms with E-state index in [1.807, 2.05) is 24.3 Å². The van der Waals surface area contributed by atoms with Crippen LogP contribution in [0, 0.1) is 0 Å². The van der Waals surface area contributed by atoms with Gasteiger partial charge in [-0.25, -0.2) is 9.36 Å². The lowest BCUT2D eigenvalue weighted by atomic mass is 10.1. The third kappa shape index (κ3) is 4.44. The van der Waals surface area contributed by atoms with E-state index < -0.39 is 0 Å². The summed E-state index contributed by atoms with van der Waals surface area (Å²) in [6, 6.07) is 12.5. The van der Waals surface area contributed by atoms with Crippen molar-refractivity contribution in [2.45, 2.75) is 32.7 Å². The Bertz CT molecular complexity index is 914. The summed E-state index contributed by atoms with van der Waals surface area (Å²) in [5, 5.41) is 11.1. The Balaban J connectivity index is 1.66. The van der Waals surface area contributed by atoms with Gasteiger partial charge in [0.2, 0.25) is 5.91 Å². The molecule has 26 heavy (non-hydrogen) atoms. The molecule has 0 saturated carbocycles. The number of aromatic nitrogens is 4. The fraction of sp³-hybridized carbons (Fsp3) is 0.263. The average Bonchev–Trinajstić information content (AvgIpc) is 3.17. The van der Waals surface area contributed by atoms with Crippen LogP contribution in [0.1, 0.15) is 25.3 Å². The molecule has 1 amide bonds. The monoisotopic (exact) mass is 351 g/mol. The van der Waals surface area contributed by atoms with E-state index in [9.17, 15) is 9.59 Å². The third-order valence-electron chi connectivity index (χ3n) is 3.94. The molecule has 0 aliphatic heterocycles. The van der Waals surface area contributed by atoms with Gasteiger partial charge in [-0.2, -0.15) is 5.10 Å². The summed E-state index contributed by atoms with van der Waals surface area (Å²) in [7, 11) is 0. The van der Waals surface area contributed by atoms with Crippen molar-refractivity contribution >= 4 is 11.6 Å².